The van der Waals surface area contributed by atoms with Crippen LogP contribution >= 0.6 is 0 Å². The first-order valence-corrected chi connectivity index (χ1v) is 7.49. The lowest BCUT2D eigenvalue weighted by Gasteiger charge is -2.18. The van der Waals surface area contributed by atoms with Gasteiger partial charge in [0, 0.05) is 5.69 Å². The van der Waals surface area contributed by atoms with Gasteiger partial charge in [0.2, 0.25) is 0 Å². The van der Waals surface area contributed by atoms with Gasteiger partial charge in [-0.2, -0.15) is 0 Å². The van der Waals surface area contributed by atoms with Crippen LogP contribution < -0.4 is 10.1 Å². The number of hydrogen-bond acceptors (Lipinski definition) is 2. The number of rotatable bonds is 4. The lowest BCUT2D eigenvalue weighted by atomic mass is 10.1. The Labute approximate surface area is 132 Å². The quantitative estimate of drug-likeness (QED) is 0.912. The first kappa shape index (κ1) is 16.1. The summed E-state index contributed by atoms with van der Waals surface area (Å²) in [6.07, 6.45) is -0.555. The Kier molecular flexibility index (Phi) is 4.86. The summed E-state index contributed by atoms with van der Waals surface area (Å²) < 4.78 is 5.86. The molecule has 1 unspecified atom stereocenters. The van der Waals surface area contributed by atoms with Crippen molar-refractivity contribution in [1.29, 1.82) is 0 Å². The highest BCUT2D eigenvalue weighted by atomic mass is 16.5. The normalized spacial score (nSPS) is 11.9. The first-order chi connectivity index (χ1) is 10.4. The van der Waals surface area contributed by atoms with E-state index in [1.807, 2.05) is 58.0 Å². The predicted molar refractivity (Wildman–Crippen MR) is 90.6 cm³/mol. The van der Waals surface area contributed by atoms with Crippen LogP contribution in [0.2, 0.25) is 0 Å². The Morgan fingerprint density at radius 3 is 2.09 bits per heavy atom. The van der Waals surface area contributed by atoms with Crippen LogP contribution in [0, 0.1) is 27.7 Å². The van der Waals surface area contributed by atoms with E-state index in [4.69, 9.17) is 4.74 Å². The molecule has 116 valence electrons. The number of carbonyl (C=O) groups excluding carboxylic acids is 1. The van der Waals surface area contributed by atoms with E-state index in [1.165, 1.54) is 0 Å². The zero-order valence-corrected chi connectivity index (χ0v) is 13.9. The van der Waals surface area contributed by atoms with Crippen molar-refractivity contribution in [3.8, 4) is 5.75 Å². The van der Waals surface area contributed by atoms with Crippen molar-refractivity contribution in [2.75, 3.05) is 5.32 Å². The van der Waals surface area contributed by atoms with Crippen LogP contribution in [-0.4, -0.2) is 12.0 Å². The van der Waals surface area contributed by atoms with E-state index in [1.54, 1.807) is 6.92 Å². The van der Waals surface area contributed by atoms with Gasteiger partial charge < -0.3 is 10.1 Å². The molecule has 2 rings (SSSR count). The number of carbonyl (C=O) groups is 1. The molecule has 22 heavy (non-hydrogen) atoms. The Bertz CT molecular complexity index is 651. The van der Waals surface area contributed by atoms with Crippen LogP contribution in [0.4, 0.5) is 5.69 Å². The second-order valence-electron chi connectivity index (χ2n) is 5.85. The molecule has 0 aliphatic rings. The first-order valence-electron chi connectivity index (χ1n) is 7.49. The summed E-state index contributed by atoms with van der Waals surface area (Å²) in [5.74, 6) is 0.637. The van der Waals surface area contributed by atoms with Gasteiger partial charge in [0.1, 0.15) is 5.75 Å². The molecule has 2 aromatic rings. The summed E-state index contributed by atoms with van der Waals surface area (Å²) in [5.41, 5.74) is 5.12. The van der Waals surface area contributed by atoms with E-state index in [2.05, 4.69) is 11.4 Å². The van der Waals surface area contributed by atoms with Crippen LogP contribution in [0.5, 0.6) is 5.75 Å². The highest BCUT2D eigenvalue weighted by Gasteiger charge is 2.17. The summed E-state index contributed by atoms with van der Waals surface area (Å²) in [4.78, 5) is 12.3. The van der Waals surface area contributed by atoms with Gasteiger partial charge in [0.15, 0.2) is 6.10 Å². The SMILES string of the molecule is Cc1cc(C)cc(NC(=O)C(C)Oc2c(C)cccc2C)c1. The van der Waals surface area contributed by atoms with Crippen molar-refractivity contribution in [1.82, 2.24) is 0 Å². The summed E-state index contributed by atoms with van der Waals surface area (Å²) in [7, 11) is 0. The number of ether oxygens (including phenoxy) is 1. The summed E-state index contributed by atoms with van der Waals surface area (Å²) in [6, 6.07) is 11.9. The zero-order chi connectivity index (χ0) is 16.3. The van der Waals surface area contributed by atoms with E-state index < -0.39 is 6.10 Å². The minimum atomic E-state index is -0.555. The zero-order valence-electron chi connectivity index (χ0n) is 13.9. The molecular weight excluding hydrogens is 274 g/mol. The van der Waals surface area contributed by atoms with Crippen molar-refractivity contribution >= 4 is 11.6 Å². The van der Waals surface area contributed by atoms with Crippen molar-refractivity contribution in [3.63, 3.8) is 0 Å². The number of amides is 1. The van der Waals surface area contributed by atoms with Gasteiger partial charge in [0.05, 0.1) is 0 Å². The fraction of sp³-hybridized carbons (Fsp3) is 0.316. The van der Waals surface area contributed by atoms with Gasteiger partial charge in [-0.3, -0.25) is 4.79 Å². The molecule has 0 aromatic heterocycles. The monoisotopic (exact) mass is 297 g/mol. The fourth-order valence-corrected chi connectivity index (χ4v) is 2.51. The number of aryl methyl sites for hydroxylation is 4. The minimum absolute atomic E-state index is 0.146. The molecule has 1 atom stereocenters. The average molecular weight is 297 g/mol. The molecule has 1 amide bonds. The summed E-state index contributed by atoms with van der Waals surface area (Å²) >= 11 is 0. The number of nitrogens with one attached hydrogen (secondary N) is 1. The molecule has 0 aliphatic heterocycles. The number of anilines is 1. The second-order valence-corrected chi connectivity index (χ2v) is 5.85. The van der Waals surface area contributed by atoms with Gasteiger partial charge >= 0.3 is 0 Å². The fourth-order valence-electron chi connectivity index (χ4n) is 2.51. The molecule has 0 radical (unpaired) electrons. The highest BCUT2D eigenvalue weighted by molar-refractivity contribution is 5.94. The number of hydrogen-bond donors (Lipinski definition) is 1. The molecule has 0 fully saturated rings. The molecule has 3 heteroatoms. The van der Waals surface area contributed by atoms with E-state index in [-0.39, 0.29) is 5.91 Å². The van der Waals surface area contributed by atoms with Crippen LogP contribution in [0.25, 0.3) is 0 Å². The Morgan fingerprint density at radius 2 is 1.55 bits per heavy atom. The van der Waals surface area contributed by atoms with Crippen LogP contribution in [0.15, 0.2) is 36.4 Å². The lowest BCUT2D eigenvalue weighted by molar-refractivity contribution is -0.122. The van der Waals surface area contributed by atoms with E-state index in [0.29, 0.717) is 0 Å². The van der Waals surface area contributed by atoms with Gasteiger partial charge in [-0.25, -0.2) is 0 Å². The summed E-state index contributed by atoms with van der Waals surface area (Å²) in [5, 5.41) is 2.92. The molecular formula is C19H23NO2. The van der Waals surface area contributed by atoms with Crippen LogP contribution in [-0.2, 0) is 4.79 Å². The standard InChI is InChI=1S/C19H23NO2/c1-12-9-13(2)11-17(10-12)20-19(21)16(5)22-18-14(3)7-6-8-15(18)4/h6-11,16H,1-5H3,(H,20,21). The third-order valence-corrected chi connectivity index (χ3v) is 3.56. The number of para-hydroxylation sites is 1. The Morgan fingerprint density at radius 1 is 1.00 bits per heavy atom. The number of benzene rings is 2. The second kappa shape index (κ2) is 6.65. The van der Waals surface area contributed by atoms with Gasteiger partial charge in [-0.15, -0.1) is 0 Å². The van der Waals surface area contributed by atoms with E-state index in [0.717, 1.165) is 33.7 Å². The molecule has 0 spiro atoms. The van der Waals surface area contributed by atoms with Crippen molar-refractivity contribution in [3.05, 3.63) is 58.7 Å². The molecule has 0 saturated carbocycles. The third-order valence-electron chi connectivity index (χ3n) is 3.56. The third kappa shape index (κ3) is 3.88. The molecule has 0 heterocycles. The maximum absolute atomic E-state index is 12.3. The minimum Gasteiger partial charge on any atom is -0.480 e. The largest absolute Gasteiger partial charge is 0.480 e. The Balaban J connectivity index is 2.09. The molecule has 2 aromatic carbocycles. The maximum atomic E-state index is 12.3. The average Bonchev–Trinajstić information content (AvgIpc) is 2.41. The smallest absolute Gasteiger partial charge is 0.265 e. The van der Waals surface area contributed by atoms with Crippen molar-refractivity contribution in [2.24, 2.45) is 0 Å². The molecule has 0 aliphatic carbocycles. The van der Waals surface area contributed by atoms with Crippen molar-refractivity contribution < 1.29 is 9.53 Å². The van der Waals surface area contributed by atoms with Crippen LogP contribution in [0.3, 0.4) is 0 Å². The molecule has 1 N–H and O–H groups in total. The molecule has 3 nitrogen and oxygen atoms in total. The van der Waals surface area contributed by atoms with Crippen LogP contribution in [0.1, 0.15) is 29.2 Å². The van der Waals surface area contributed by atoms with Gasteiger partial charge in [0.25, 0.3) is 5.91 Å². The lowest BCUT2D eigenvalue weighted by Crippen LogP contribution is -2.30. The highest BCUT2D eigenvalue weighted by Crippen LogP contribution is 2.24. The predicted octanol–water partition coefficient (Wildman–Crippen LogP) is 4.33. The molecule has 0 saturated heterocycles. The van der Waals surface area contributed by atoms with E-state index >= 15 is 0 Å². The van der Waals surface area contributed by atoms with Gasteiger partial charge in [-0.1, -0.05) is 24.3 Å². The van der Waals surface area contributed by atoms with Crippen molar-refractivity contribution in [2.45, 2.75) is 40.7 Å². The van der Waals surface area contributed by atoms with E-state index in [9.17, 15) is 4.79 Å². The molecule has 0 bridgehead atoms. The topological polar surface area (TPSA) is 38.3 Å². The Hall–Kier alpha value is -2.29. The van der Waals surface area contributed by atoms with Gasteiger partial charge in [-0.05, 0) is 69.0 Å². The maximum Gasteiger partial charge on any atom is 0.265 e. The summed E-state index contributed by atoms with van der Waals surface area (Å²) in [6.45, 7) is 9.76.